The third-order valence-corrected chi connectivity index (χ3v) is 5.76. The van der Waals surface area contributed by atoms with Gasteiger partial charge in [-0.3, -0.25) is 9.48 Å². The summed E-state index contributed by atoms with van der Waals surface area (Å²) in [6.07, 6.45) is 4.56. The molecule has 5 rings (SSSR count). The van der Waals surface area contributed by atoms with E-state index >= 15 is 0 Å². The number of benzene rings is 2. The van der Waals surface area contributed by atoms with Crippen LogP contribution >= 0.6 is 0 Å². The minimum Gasteiger partial charge on any atom is -0.390 e. The molecular weight excluding hydrogens is 338 g/mol. The maximum Gasteiger partial charge on any atom is 0.272 e. The van der Waals surface area contributed by atoms with Crippen LogP contribution < -0.4 is 5.32 Å². The molecule has 5 nitrogen and oxygen atoms in total. The first kappa shape index (κ1) is 16.3. The Balaban J connectivity index is 1.46. The molecule has 2 aliphatic carbocycles. The van der Waals surface area contributed by atoms with E-state index in [1.807, 2.05) is 59.3 Å². The lowest BCUT2D eigenvalue weighted by molar-refractivity contribution is 0.0806. The van der Waals surface area contributed by atoms with Crippen LogP contribution in [0.4, 0.5) is 0 Å². The molecule has 2 aromatic carbocycles. The molecule has 0 aliphatic heterocycles. The van der Waals surface area contributed by atoms with E-state index < -0.39 is 6.10 Å². The van der Waals surface area contributed by atoms with Gasteiger partial charge in [-0.2, -0.15) is 5.10 Å². The van der Waals surface area contributed by atoms with Crippen LogP contribution in [0, 0.1) is 11.8 Å². The molecule has 1 saturated carbocycles. The first-order valence-corrected chi connectivity index (χ1v) is 9.37. The Morgan fingerprint density at radius 3 is 2.59 bits per heavy atom. The van der Waals surface area contributed by atoms with Gasteiger partial charge in [-0.25, -0.2) is 0 Å². The number of hydrogen-bond donors (Lipinski definition) is 2. The number of aliphatic hydroxyl groups excluding tert-OH is 1. The molecule has 4 unspecified atom stereocenters. The van der Waals surface area contributed by atoms with Gasteiger partial charge in [0.1, 0.15) is 0 Å². The number of amides is 1. The minimum atomic E-state index is -0.512. The average Bonchev–Trinajstić information content (AvgIpc) is 3.38. The zero-order valence-corrected chi connectivity index (χ0v) is 14.8. The van der Waals surface area contributed by atoms with Crippen LogP contribution in [0.1, 0.15) is 22.5 Å². The van der Waals surface area contributed by atoms with Crippen molar-refractivity contribution in [3.05, 3.63) is 78.0 Å². The lowest BCUT2D eigenvalue weighted by Gasteiger charge is -2.24. The fraction of sp³-hybridized carbons (Fsp3) is 0.273. The summed E-state index contributed by atoms with van der Waals surface area (Å²) in [5.41, 5.74) is 2.48. The molecule has 4 atom stereocenters. The number of nitrogens with zero attached hydrogens (tertiary/aromatic N) is 2. The zero-order valence-electron chi connectivity index (χ0n) is 14.8. The summed E-state index contributed by atoms with van der Waals surface area (Å²) in [5, 5.41) is 18.9. The van der Waals surface area contributed by atoms with E-state index in [-0.39, 0.29) is 23.8 Å². The van der Waals surface area contributed by atoms with Gasteiger partial charge in [0.2, 0.25) is 0 Å². The summed E-state index contributed by atoms with van der Waals surface area (Å²) < 4.78 is 1.87. The predicted molar refractivity (Wildman–Crippen MR) is 103 cm³/mol. The van der Waals surface area contributed by atoms with Crippen molar-refractivity contribution >= 4 is 16.8 Å². The van der Waals surface area contributed by atoms with Gasteiger partial charge in [0.05, 0.1) is 24.2 Å². The fourth-order valence-corrected chi connectivity index (χ4v) is 4.38. The van der Waals surface area contributed by atoms with Gasteiger partial charge in [0, 0.05) is 17.2 Å². The summed E-state index contributed by atoms with van der Waals surface area (Å²) in [6.45, 7) is 0.605. The van der Waals surface area contributed by atoms with E-state index in [2.05, 4.69) is 22.6 Å². The molecule has 2 aliphatic rings. The van der Waals surface area contributed by atoms with Crippen molar-refractivity contribution in [2.45, 2.75) is 25.1 Å². The molecular formula is C22H21N3O2. The second kappa shape index (κ2) is 6.35. The first-order valence-electron chi connectivity index (χ1n) is 9.37. The molecule has 1 amide bonds. The highest BCUT2D eigenvalue weighted by Gasteiger charge is 2.44. The third kappa shape index (κ3) is 2.75. The van der Waals surface area contributed by atoms with Crippen molar-refractivity contribution in [1.82, 2.24) is 15.1 Å². The highest BCUT2D eigenvalue weighted by atomic mass is 16.3. The van der Waals surface area contributed by atoms with Gasteiger partial charge in [0.15, 0.2) is 5.69 Å². The summed E-state index contributed by atoms with van der Waals surface area (Å²) in [4.78, 5) is 13.0. The van der Waals surface area contributed by atoms with E-state index in [1.54, 1.807) is 0 Å². The van der Waals surface area contributed by atoms with Gasteiger partial charge >= 0.3 is 0 Å². The Kier molecular flexibility index (Phi) is 3.83. The van der Waals surface area contributed by atoms with E-state index in [1.165, 1.54) is 0 Å². The maximum atomic E-state index is 13.0. The van der Waals surface area contributed by atoms with Crippen molar-refractivity contribution in [2.75, 3.05) is 0 Å². The molecule has 0 saturated heterocycles. The number of para-hydroxylation sites is 1. The van der Waals surface area contributed by atoms with Gasteiger partial charge in [-0.15, -0.1) is 0 Å². The summed E-state index contributed by atoms with van der Waals surface area (Å²) in [6, 6.07) is 17.6. The number of aromatic nitrogens is 2. The second-order valence-electron chi connectivity index (χ2n) is 7.45. The third-order valence-electron chi connectivity index (χ3n) is 5.76. The second-order valence-corrected chi connectivity index (χ2v) is 7.45. The Morgan fingerprint density at radius 2 is 1.81 bits per heavy atom. The number of fused-ring (bicyclic) bond motifs is 3. The molecule has 0 spiro atoms. The highest BCUT2D eigenvalue weighted by molar-refractivity contribution is 6.05. The number of nitrogens with one attached hydrogen (secondary N) is 1. The van der Waals surface area contributed by atoms with Crippen LogP contribution in [0.5, 0.6) is 0 Å². The fourth-order valence-electron chi connectivity index (χ4n) is 4.38. The standard InChI is InChI=1S/C22H21N3O2/c26-21-16-11-10-15(12-16)19(21)23-22(27)20-17-8-4-5-9-18(17)25(24-20)13-14-6-2-1-3-7-14/h1-11,15-16,19,21,26H,12-13H2,(H,23,27). The lowest BCUT2D eigenvalue weighted by Crippen LogP contribution is -2.45. The first-order chi connectivity index (χ1) is 13.2. The van der Waals surface area contributed by atoms with Crippen LogP contribution in [0.3, 0.4) is 0 Å². The highest BCUT2D eigenvalue weighted by Crippen LogP contribution is 2.39. The Labute approximate surface area is 157 Å². The van der Waals surface area contributed by atoms with Crippen molar-refractivity contribution in [1.29, 1.82) is 0 Å². The molecule has 1 heterocycles. The largest absolute Gasteiger partial charge is 0.390 e. The normalized spacial score (nSPS) is 26.0. The summed E-state index contributed by atoms with van der Waals surface area (Å²) in [7, 11) is 0. The molecule has 2 N–H and O–H groups in total. The van der Waals surface area contributed by atoms with Crippen molar-refractivity contribution in [3.8, 4) is 0 Å². The Bertz CT molecular complexity index is 1020. The van der Waals surface area contributed by atoms with Crippen LogP contribution in [0.25, 0.3) is 10.9 Å². The molecule has 3 aromatic rings. The molecule has 0 radical (unpaired) electrons. The Morgan fingerprint density at radius 1 is 1.07 bits per heavy atom. The van der Waals surface area contributed by atoms with Crippen LogP contribution in [-0.2, 0) is 6.54 Å². The number of hydrogen-bond acceptors (Lipinski definition) is 3. The summed E-state index contributed by atoms with van der Waals surface area (Å²) >= 11 is 0. The van der Waals surface area contributed by atoms with Crippen LogP contribution in [0.2, 0.25) is 0 Å². The Hall–Kier alpha value is -2.92. The molecule has 2 bridgehead atoms. The van der Waals surface area contributed by atoms with E-state index in [9.17, 15) is 9.90 Å². The summed E-state index contributed by atoms with van der Waals surface area (Å²) in [5.74, 6) is 0.155. The SMILES string of the molecule is O=C(NC1C2C=CC(C2)C1O)c1nn(Cc2ccccc2)c2ccccc12. The number of carbonyl (C=O) groups excluding carboxylic acids is 1. The topological polar surface area (TPSA) is 67.2 Å². The van der Waals surface area contributed by atoms with Gasteiger partial charge in [0.25, 0.3) is 5.91 Å². The number of aliphatic hydroxyl groups is 1. The smallest absolute Gasteiger partial charge is 0.272 e. The molecule has 1 fully saturated rings. The van der Waals surface area contributed by atoms with Crippen molar-refractivity contribution in [3.63, 3.8) is 0 Å². The molecule has 5 heteroatoms. The van der Waals surface area contributed by atoms with E-state index in [0.29, 0.717) is 12.2 Å². The predicted octanol–water partition coefficient (Wildman–Crippen LogP) is 2.75. The van der Waals surface area contributed by atoms with Crippen molar-refractivity contribution < 1.29 is 9.90 Å². The maximum absolute atomic E-state index is 13.0. The van der Waals surface area contributed by atoms with Gasteiger partial charge in [-0.05, 0) is 18.1 Å². The molecule has 136 valence electrons. The zero-order chi connectivity index (χ0) is 18.4. The lowest BCUT2D eigenvalue weighted by atomic mass is 9.98. The molecule has 27 heavy (non-hydrogen) atoms. The monoisotopic (exact) mass is 359 g/mol. The molecule has 1 aromatic heterocycles. The number of rotatable bonds is 4. The number of carbonyl (C=O) groups is 1. The van der Waals surface area contributed by atoms with E-state index in [0.717, 1.165) is 22.9 Å². The van der Waals surface area contributed by atoms with Crippen molar-refractivity contribution in [2.24, 2.45) is 11.8 Å². The van der Waals surface area contributed by atoms with Gasteiger partial charge < -0.3 is 10.4 Å². The quantitative estimate of drug-likeness (QED) is 0.704. The van der Waals surface area contributed by atoms with Gasteiger partial charge in [-0.1, -0.05) is 60.7 Å². The average molecular weight is 359 g/mol. The van der Waals surface area contributed by atoms with Crippen LogP contribution in [-0.4, -0.2) is 32.9 Å². The van der Waals surface area contributed by atoms with Crippen LogP contribution in [0.15, 0.2) is 66.7 Å². The van der Waals surface area contributed by atoms with E-state index in [4.69, 9.17) is 0 Å². The minimum absolute atomic E-state index is 0.160.